The van der Waals surface area contributed by atoms with E-state index in [0.717, 1.165) is 6.20 Å². The summed E-state index contributed by atoms with van der Waals surface area (Å²) in [5.41, 5.74) is 12.6. The number of pyridine rings is 1. The lowest BCUT2D eigenvalue weighted by Gasteiger charge is -2.10. The van der Waals surface area contributed by atoms with Gasteiger partial charge in [0.25, 0.3) is 5.09 Å². The highest BCUT2D eigenvalue weighted by atomic mass is 19.1. The van der Waals surface area contributed by atoms with E-state index >= 15 is 0 Å². The molecule has 3 heterocycles. The predicted octanol–water partition coefficient (Wildman–Crippen LogP) is 2.21. The largest absolute Gasteiger partial charge is 0.453 e. The Kier molecular flexibility index (Phi) is 7.13. The highest BCUT2D eigenvalue weighted by Crippen LogP contribution is 2.30. The van der Waals surface area contributed by atoms with Gasteiger partial charge in [-0.2, -0.15) is 5.10 Å². The topological polar surface area (TPSA) is 210 Å². The van der Waals surface area contributed by atoms with Gasteiger partial charge in [0.05, 0.1) is 25.2 Å². The lowest BCUT2D eigenvalue weighted by atomic mass is 10.2. The number of hydrogen-bond acceptors (Lipinski definition) is 10. The second-order valence-electron chi connectivity index (χ2n) is 6.67. The number of halogens is 2. The van der Waals surface area contributed by atoms with Crippen molar-refractivity contribution in [3.05, 3.63) is 63.8 Å². The van der Waals surface area contributed by atoms with Crippen LogP contribution in [0.1, 0.15) is 5.56 Å². The first-order valence-corrected chi connectivity index (χ1v) is 9.47. The summed E-state index contributed by atoms with van der Waals surface area (Å²) in [7, 11) is 1.17. The van der Waals surface area contributed by atoms with E-state index in [9.17, 15) is 13.6 Å². The number of rotatable bonds is 4. The average molecular weight is 489 g/mol. The van der Waals surface area contributed by atoms with Crippen LogP contribution >= 0.6 is 0 Å². The number of methoxy groups -OCH3 is 1. The lowest BCUT2D eigenvalue weighted by Crippen LogP contribution is -2.16. The molecule has 0 aliphatic rings. The Hall–Kier alpha value is -5.15. The molecule has 4 aromatic rings. The second-order valence-corrected chi connectivity index (χ2v) is 6.67. The number of amides is 1. The molecule has 0 saturated heterocycles. The van der Waals surface area contributed by atoms with Crippen molar-refractivity contribution in [1.82, 2.24) is 24.7 Å². The Morgan fingerprint density at radius 1 is 1.26 bits per heavy atom. The molecule has 3 aromatic heterocycles. The van der Waals surface area contributed by atoms with Crippen LogP contribution in [0, 0.1) is 21.7 Å². The molecule has 1 aromatic carbocycles. The number of fused-ring (bicyclic) bond motifs is 1. The van der Waals surface area contributed by atoms with Crippen LogP contribution in [0.2, 0.25) is 0 Å². The zero-order chi connectivity index (χ0) is 25.7. The highest BCUT2D eigenvalue weighted by Gasteiger charge is 2.21. The van der Waals surface area contributed by atoms with Gasteiger partial charge in [-0.1, -0.05) is 18.2 Å². The van der Waals surface area contributed by atoms with Crippen molar-refractivity contribution < 1.29 is 28.6 Å². The minimum atomic E-state index is -1.50. The van der Waals surface area contributed by atoms with Gasteiger partial charge in [0.1, 0.15) is 23.0 Å². The second kappa shape index (κ2) is 10.2. The molecule has 0 bridgehead atoms. The monoisotopic (exact) mass is 489 g/mol. The minimum absolute atomic E-state index is 0.0184. The van der Waals surface area contributed by atoms with Crippen LogP contribution in [0.3, 0.4) is 0 Å². The third kappa shape index (κ3) is 5.62. The molecule has 4 rings (SSSR count). The number of nitrogens with zero attached hydrogens (tertiary/aromatic N) is 6. The first-order chi connectivity index (χ1) is 16.6. The highest BCUT2D eigenvalue weighted by molar-refractivity contribution is 5.94. The fourth-order valence-electron chi connectivity index (χ4n) is 2.98. The number of nitrogen functional groups attached to an aromatic ring is 2. The van der Waals surface area contributed by atoms with Crippen molar-refractivity contribution in [2.24, 2.45) is 0 Å². The SMILES string of the molecule is COC(=O)Nc1c(N)nc(-c2nn(Cc3ccccc3F)c3ncc(F)cc23)nc1N.O=[N+]([O-])O. The van der Waals surface area contributed by atoms with Crippen molar-refractivity contribution in [3.63, 3.8) is 0 Å². The summed E-state index contributed by atoms with van der Waals surface area (Å²) in [6.45, 7) is 0.0365. The summed E-state index contributed by atoms with van der Waals surface area (Å²) in [6, 6.07) is 7.40. The van der Waals surface area contributed by atoms with Crippen LogP contribution in [-0.2, 0) is 11.3 Å². The molecule has 182 valence electrons. The summed E-state index contributed by atoms with van der Waals surface area (Å²) in [4.78, 5) is 32.2. The van der Waals surface area contributed by atoms with Gasteiger partial charge in [-0.15, -0.1) is 10.1 Å². The van der Waals surface area contributed by atoms with Crippen LogP contribution < -0.4 is 16.8 Å². The van der Waals surface area contributed by atoms with E-state index in [-0.39, 0.29) is 46.4 Å². The molecular formula is C19H17F2N9O5. The fourth-order valence-corrected chi connectivity index (χ4v) is 2.98. The zero-order valence-corrected chi connectivity index (χ0v) is 17.8. The molecule has 0 radical (unpaired) electrons. The van der Waals surface area contributed by atoms with Crippen LogP contribution in [0.15, 0.2) is 36.5 Å². The molecular weight excluding hydrogens is 472 g/mol. The van der Waals surface area contributed by atoms with Crippen LogP contribution in [-0.4, -0.2) is 48.2 Å². The molecule has 0 fully saturated rings. The maximum absolute atomic E-state index is 14.1. The van der Waals surface area contributed by atoms with Crippen LogP contribution in [0.5, 0.6) is 0 Å². The molecule has 6 N–H and O–H groups in total. The lowest BCUT2D eigenvalue weighted by molar-refractivity contribution is -0.742. The maximum atomic E-state index is 14.1. The number of aromatic nitrogens is 5. The van der Waals surface area contributed by atoms with Gasteiger partial charge < -0.3 is 21.4 Å². The number of carbonyl (C=O) groups is 1. The summed E-state index contributed by atoms with van der Waals surface area (Å²) in [5.74, 6) is -1.33. The standard InChI is InChI=1S/C19H16F2N8O2.HNO3/c1-31-19(30)25-14-15(22)26-17(27-16(14)23)13-11-6-10(20)7-24-18(11)29(28-13)8-9-4-2-3-5-12(9)21;2-1(3)4/h2-7H,8H2,1H3,(H,25,30)(H4,22,23,26,27);(H,2,3,4). The van der Waals surface area contributed by atoms with Crippen LogP contribution in [0.4, 0.5) is 30.9 Å². The average Bonchev–Trinajstić information content (AvgIpc) is 3.14. The first kappa shape index (κ1) is 24.5. The number of nitrogens with two attached hydrogens (primary N) is 2. The van der Waals surface area contributed by atoms with Gasteiger partial charge in [0.15, 0.2) is 23.1 Å². The number of nitrogens with one attached hydrogen (secondary N) is 1. The van der Waals surface area contributed by atoms with Gasteiger partial charge in [0.2, 0.25) is 0 Å². The molecule has 1 amide bonds. The Balaban J connectivity index is 0.000000795. The van der Waals surface area contributed by atoms with Crippen LogP contribution in [0.25, 0.3) is 22.6 Å². The number of ether oxygens (including phenoxy) is 1. The van der Waals surface area contributed by atoms with Gasteiger partial charge in [-0.05, 0) is 12.1 Å². The van der Waals surface area contributed by atoms with E-state index in [1.54, 1.807) is 18.2 Å². The van der Waals surface area contributed by atoms with E-state index in [4.69, 9.17) is 26.8 Å². The third-order valence-electron chi connectivity index (χ3n) is 4.42. The quantitative estimate of drug-likeness (QED) is 0.241. The minimum Gasteiger partial charge on any atom is -0.453 e. The summed E-state index contributed by atoms with van der Waals surface area (Å²) in [5, 5.41) is 20.6. The van der Waals surface area contributed by atoms with E-state index in [1.807, 2.05) is 0 Å². The Morgan fingerprint density at radius 3 is 2.49 bits per heavy atom. The Labute approximate surface area is 194 Å². The third-order valence-corrected chi connectivity index (χ3v) is 4.42. The van der Waals surface area contributed by atoms with Crippen molar-refractivity contribution >= 4 is 34.4 Å². The van der Waals surface area contributed by atoms with Crippen molar-refractivity contribution in [1.29, 1.82) is 0 Å². The normalized spacial score (nSPS) is 10.4. The predicted molar refractivity (Wildman–Crippen MR) is 118 cm³/mol. The van der Waals surface area contributed by atoms with E-state index in [2.05, 4.69) is 30.1 Å². The molecule has 0 unspecified atom stereocenters. The molecule has 0 aliphatic heterocycles. The Bertz CT molecular complexity index is 1390. The summed E-state index contributed by atoms with van der Waals surface area (Å²) < 4.78 is 34.0. The van der Waals surface area contributed by atoms with E-state index in [0.29, 0.717) is 5.56 Å². The summed E-state index contributed by atoms with van der Waals surface area (Å²) >= 11 is 0. The van der Waals surface area contributed by atoms with Crippen molar-refractivity contribution in [2.75, 3.05) is 23.9 Å². The number of benzene rings is 1. The molecule has 0 spiro atoms. The molecule has 0 saturated carbocycles. The van der Waals surface area contributed by atoms with Crippen molar-refractivity contribution in [2.45, 2.75) is 6.54 Å². The number of hydrogen-bond donors (Lipinski definition) is 4. The number of carbonyl (C=O) groups excluding carboxylic acids is 1. The molecule has 0 atom stereocenters. The molecule has 35 heavy (non-hydrogen) atoms. The van der Waals surface area contributed by atoms with Gasteiger partial charge in [-0.3, -0.25) is 5.32 Å². The van der Waals surface area contributed by atoms with Gasteiger partial charge in [-0.25, -0.2) is 33.2 Å². The zero-order valence-electron chi connectivity index (χ0n) is 17.8. The van der Waals surface area contributed by atoms with Gasteiger partial charge in [0, 0.05) is 5.56 Å². The van der Waals surface area contributed by atoms with Crippen molar-refractivity contribution in [3.8, 4) is 11.5 Å². The number of anilines is 3. The van der Waals surface area contributed by atoms with Gasteiger partial charge >= 0.3 is 6.09 Å². The molecule has 16 heteroatoms. The van der Waals surface area contributed by atoms with E-state index in [1.165, 1.54) is 23.9 Å². The Morgan fingerprint density at radius 2 is 1.89 bits per heavy atom. The maximum Gasteiger partial charge on any atom is 0.411 e. The first-order valence-electron chi connectivity index (χ1n) is 9.47. The summed E-state index contributed by atoms with van der Waals surface area (Å²) in [6.07, 6.45) is 0.221. The smallest absolute Gasteiger partial charge is 0.411 e. The fraction of sp³-hybridized carbons (Fsp3) is 0.105. The molecule has 14 nitrogen and oxygen atoms in total. The molecule has 0 aliphatic carbocycles. The van der Waals surface area contributed by atoms with E-state index < -0.39 is 22.8 Å².